The van der Waals surface area contributed by atoms with Crippen LogP contribution in [0.1, 0.15) is 44.7 Å². The predicted octanol–water partition coefficient (Wildman–Crippen LogP) is 4.27. The van der Waals surface area contributed by atoms with E-state index in [2.05, 4.69) is 18.8 Å². The molecule has 0 bridgehead atoms. The Balaban J connectivity index is 3.44. The first kappa shape index (κ1) is 16.7. The van der Waals surface area contributed by atoms with Crippen molar-refractivity contribution in [2.24, 2.45) is 5.73 Å². The Labute approximate surface area is 126 Å². The van der Waals surface area contributed by atoms with E-state index >= 15 is 0 Å². The third-order valence-corrected chi connectivity index (χ3v) is 3.41. The standard InChI is InChI=1S/C16H23ClN2O/c1-5-8-15(20-4)13-10-19-16(17)9-12(13)11(6-2)14(18)7-3/h6,8-10,14H,5,7,18H2,1-4H3/b11-6+,15-8-. The summed E-state index contributed by atoms with van der Waals surface area (Å²) in [6.45, 7) is 6.12. The lowest BCUT2D eigenvalue weighted by Crippen LogP contribution is -2.21. The Hall–Kier alpha value is -1.32. The van der Waals surface area contributed by atoms with Crippen LogP contribution in [-0.4, -0.2) is 18.1 Å². The van der Waals surface area contributed by atoms with E-state index in [0.29, 0.717) is 5.15 Å². The van der Waals surface area contributed by atoms with Crippen molar-refractivity contribution in [1.29, 1.82) is 0 Å². The van der Waals surface area contributed by atoms with E-state index in [0.717, 1.165) is 35.3 Å². The number of nitrogens with zero attached hydrogens (tertiary/aromatic N) is 1. The largest absolute Gasteiger partial charge is 0.496 e. The Morgan fingerprint density at radius 3 is 2.65 bits per heavy atom. The SMILES string of the molecule is C/C=C(\c1cc(Cl)ncc1/C(=C/CC)OC)C(N)CC. The van der Waals surface area contributed by atoms with E-state index in [9.17, 15) is 0 Å². The molecule has 110 valence electrons. The quantitative estimate of drug-likeness (QED) is 0.629. The summed E-state index contributed by atoms with van der Waals surface area (Å²) in [7, 11) is 1.66. The van der Waals surface area contributed by atoms with Gasteiger partial charge in [0.15, 0.2) is 0 Å². The van der Waals surface area contributed by atoms with Gasteiger partial charge in [-0.05, 0) is 43.0 Å². The van der Waals surface area contributed by atoms with Gasteiger partial charge in [0.05, 0.1) is 7.11 Å². The first-order valence-corrected chi connectivity index (χ1v) is 7.28. The third kappa shape index (κ3) is 3.84. The van der Waals surface area contributed by atoms with Crippen molar-refractivity contribution in [3.63, 3.8) is 0 Å². The normalized spacial score (nSPS) is 14.3. The van der Waals surface area contributed by atoms with Crippen LogP contribution < -0.4 is 5.73 Å². The molecule has 1 rings (SSSR count). The Morgan fingerprint density at radius 1 is 1.45 bits per heavy atom. The van der Waals surface area contributed by atoms with Crippen LogP contribution >= 0.6 is 11.6 Å². The second-order valence-corrected chi connectivity index (χ2v) is 4.88. The summed E-state index contributed by atoms with van der Waals surface area (Å²) in [6.07, 6.45) is 7.55. The van der Waals surface area contributed by atoms with Crippen molar-refractivity contribution in [1.82, 2.24) is 4.98 Å². The topological polar surface area (TPSA) is 48.1 Å². The van der Waals surface area contributed by atoms with Crippen molar-refractivity contribution in [3.8, 4) is 0 Å². The van der Waals surface area contributed by atoms with Crippen LogP contribution in [-0.2, 0) is 4.74 Å². The summed E-state index contributed by atoms with van der Waals surface area (Å²) in [5.41, 5.74) is 9.18. The highest BCUT2D eigenvalue weighted by molar-refractivity contribution is 6.29. The summed E-state index contributed by atoms with van der Waals surface area (Å²) >= 11 is 6.05. The lowest BCUT2D eigenvalue weighted by Gasteiger charge is -2.19. The van der Waals surface area contributed by atoms with Crippen molar-refractivity contribution < 1.29 is 4.74 Å². The number of aromatic nitrogens is 1. The van der Waals surface area contributed by atoms with E-state index in [4.69, 9.17) is 22.1 Å². The molecule has 0 saturated heterocycles. The average Bonchev–Trinajstić information content (AvgIpc) is 2.46. The summed E-state index contributed by atoms with van der Waals surface area (Å²) in [5, 5.41) is 0.457. The Kier molecular flexibility index (Phi) is 6.76. The molecule has 0 radical (unpaired) electrons. The molecule has 1 aromatic heterocycles. The van der Waals surface area contributed by atoms with Gasteiger partial charge in [-0.2, -0.15) is 0 Å². The maximum absolute atomic E-state index is 6.20. The summed E-state index contributed by atoms with van der Waals surface area (Å²) in [5.74, 6) is 0.800. The van der Waals surface area contributed by atoms with E-state index < -0.39 is 0 Å². The van der Waals surface area contributed by atoms with Gasteiger partial charge in [0.25, 0.3) is 0 Å². The van der Waals surface area contributed by atoms with Gasteiger partial charge in [0.1, 0.15) is 10.9 Å². The fourth-order valence-corrected chi connectivity index (χ4v) is 2.30. The highest BCUT2D eigenvalue weighted by Gasteiger charge is 2.17. The number of rotatable bonds is 6. The van der Waals surface area contributed by atoms with Crippen LogP contribution in [0.15, 0.2) is 24.4 Å². The van der Waals surface area contributed by atoms with Gasteiger partial charge in [-0.15, -0.1) is 0 Å². The lowest BCUT2D eigenvalue weighted by molar-refractivity contribution is 0.368. The van der Waals surface area contributed by atoms with Crippen molar-refractivity contribution in [2.75, 3.05) is 7.11 Å². The molecule has 1 atom stereocenters. The summed E-state index contributed by atoms with van der Waals surface area (Å²) < 4.78 is 5.48. The molecule has 0 saturated carbocycles. The molecule has 0 aromatic carbocycles. The van der Waals surface area contributed by atoms with E-state index in [1.807, 2.05) is 25.1 Å². The van der Waals surface area contributed by atoms with Crippen LogP contribution in [0.3, 0.4) is 0 Å². The number of hydrogen-bond donors (Lipinski definition) is 1. The molecule has 1 aromatic rings. The van der Waals surface area contributed by atoms with Crippen LogP contribution in [0.2, 0.25) is 5.15 Å². The minimum atomic E-state index is -0.0306. The summed E-state index contributed by atoms with van der Waals surface area (Å²) in [6, 6.07) is 1.82. The fourth-order valence-electron chi connectivity index (χ4n) is 2.14. The third-order valence-electron chi connectivity index (χ3n) is 3.21. The summed E-state index contributed by atoms with van der Waals surface area (Å²) in [4.78, 5) is 4.17. The number of hydrogen-bond acceptors (Lipinski definition) is 3. The monoisotopic (exact) mass is 294 g/mol. The number of nitrogens with two attached hydrogens (primary N) is 1. The van der Waals surface area contributed by atoms with Crippen molar-refractivity contribution in [3.05, 3.63) is 40.7 Å². The molecular weight excluding hydrogens is 272 g/mol. The number of allylic oxidation sites excluding steroid dienone is 2. The van der Waals surface area contributed by atoms with Crippen molar-refractivity contribution >= 4 is 22.9 Å². The number of methoxy groups -OCH3 is 1. The second-order valence-electron chi connectivity index (χ2n) is 4.49. The van der Waals surface area contributed by atoms with Gasteiger partial charge in [0, 0.05) is 17.8 Å². The van der Waals surface area contributed by atoms with Crippen LogP contribution in [0.4, 0.5) is 0 Å². The lowest BCUT2D eigenvalue weighted by atomic mass is 9.93. The molecule has 20 heavy (non-hydrogen) atoms. The molecule has 4 heteroatoms. The fraction of sp³-hybridized carbons (Fsp3) is 0.438. The minimum absolute atomic E-state index is 0.0306. The number of halogens is 1. The van der Waals surface area contributed by atoms with Gasteiger partial charge < -0.3 is 10.5 Å². The minimum Gasteiger partial charge on any atom is -0.496 e. The first-order chi connectivity index (χ1) is 9.58. The predicted molar refractivity (Wildman–Crippen MR) is 86.4 cm³/mol. The zero-order chi connectivity index (χ0) is 15.1. The van der Waals surface area contributed by atoms with Gasteiger partial charge in [-0.1, -0.05) is 31.5 Å². The van der Waals surface area contributed by atoms with Crippen LogP contribution in [0.5, 0.6) is 0 Å². The Bertz CT molecular complexity index is 509. The zero-order valence-corrected chi connectivity index (χ0v) is 13.4. The van der Waals surface area contributed by atoms with Gasteiger partial charge >= 0.3 is 0 Å². The van der Waals surface area contributed by atoms with Gasteiger partial charge in [-0.3, -0.25) is 0 Å². The smallest absolute Gasteiger partial charge is 0.129 e. The molecule has 0 spiro atoms. The van der Waals surface area contributed by atoms with E-state index in [1.165, 1.54) is 0 Å². The molecule has 2 N–H and O–H groups in total. The zero-order valence-electron chi connectivity index (χ0n) is 12.6. The highest BCUT2D eigenvalue weighted by atomic mass is 35.5. The molecule has 1 unspecified atom stereocenters. The molecular formula is C16H23ClN2O. The van der Waals surface area contributed by atoms with Crippen LogP contribution in [0.25, 0.3) is 11.3 Å². The number of pyridine rings is 1. The maximum atomic E-state index is 6.20. The highest BCUT2D eigenvalue weighted by Crippen LogP contribution is 2.30. The molecule has 3 nitrogen and oxygen atoms in total. The van der Waals surface area contributed by atoms with Gasteiger partial charge in [-0.25, -0.2) is 4.98 Å². The van der Waals surface area contributed by atoms with E-state index in [-0.39, 0.29) is 6.04 Å². The molecule has 0 aliphatic carbocycles. The molecule has 0 fully saturated rings. The van der Waals surface area contributed by atoms with Crippen LogP contribution in [0, 0.1) is 0 Å². The molecule has 0 aliphatic heterocycles. The second kappa shape index (κ2) is 8.08. The average molecular weight is 295 g/mol. The Morgan fingerprint density at radius 2 is 2.15 bits per heavy atom. The maximum Gasteiger partial charge on any atom is 0.129 e. The van der Waals surface area contributed by atoms with E-state index in [1.54, 1.807) is 13.3 Å². The van der Waals surface area contributed by atoms with Crippen molar-refractivity contribution in [2.45, 2.75) is 39.7 Å². The van der Waals surface area contributed by atoms with Gasteiger partial charge in [0.2, 0.25) is 0 Å². The number of ether oxygens (including phenoxy) is 1. The molecule has 0 amide bonds. The molecule has 1 heterocycles. The first-order valence-electron chi connectivity index (χ1n) is 6.91. The molecule has 0 aliphatic rings.